The first-order chi connectivity index (χ1) is 7.18. The number of nitrogens with one attached hydrogen (secondary N) is 1. The number of sulfonamides is 1. The Labute approximate surface area is 90.6 Å². The molecule has 0 aromatic heterocycles. The lowest BCUT2D eigenvalue weighted by molar-refractivity contribution is 0.580. The fraction of sp³-hybridized carbons (Fsp3) is 0.455. The zero-order chi connectivity index (χ0) is 10.7. The minimum Gasteiger partial charge on any atom is -0.215 e. The second-order valence-corrected chi connectivity index (χ2v) is 5.92. The molecule has 0 radical (unpaired) electrons. The molecule has 1 N–H and O–H groups in total. The van der Waals surface area contributed by atoms with Crippen molar-refractivity contribution in [3.8, 4) is 0 Å². The maximum absolute atomic E-state index is 11.5. The van der Waals surface area contributed by atoms with Crippen molar-refractivity contribution in [2.75, 3.05) is 6.54 Å². The van der Waals surface area contributed by atoms with Crippen LogP contribution >= 0.6 is 0 Å². The van der Waals surface area contributed by atoms with Crippen LogP contribution in [0.4, 0.5) is 0 Å². The van der Waals surface area contributed by atoms with Crippen LogP contribution in [0, 0.1) is 0 Å². The molecule has 3 nitrogen and oxygen atoms in total. The second-order valence-electron chi connectivity index (χ2n) is 3.87. The van der Waals surface area contributed by atoms with Gasteiger partial charge in [0.15, 0.2) is 0 Å². The van der Waals surface area contributed by atoms with Gasteiger partial charge >= 0.3 is 0 Å². The van der Waals surface area contributed by atoms with E-state index in [-0.39, 0.29) is 5.25 Å². The first-order valence-corrected chi connectivity index (χ1v) is 6.75. The van der Waals surface area contributed by atoms with Crippen LogP contribution in [0.2, 0.25) is 0 Å². The molecule has 0 aliphatic heterocycles. The lowest BCUT2D eigenvalue weighted by atomic mass is 10.2. The van der Waals surface area contributed by atoms with E-state index in [1.807, 2.05) is 30.3 Å². The van der Waals surface area contributed by atoms with Gasteiger partial charge in [0, 0.05) is 6.54 Å². The van der Waals surface area contributed by atoms with Crippen LogP contribution in [0.1, 0.15) is 18.4 Å². The molecule has 0 atom stereocenters. The Bertz CT molecular complexity index is 409. The quantitative estimate of drug-likeness (QED) is 0.821. The SMILES string of the molecule is O=S(=O)(NCCc1ccccc1)C1CC1. The Hall–Kier alpha value is -0.870. The van der Waals surface area contributed by atoms with Gasteiger partial charge in [-0.25, -0.2) is 13.1 Å². The molecular formula is C11H15NO2S. The summed E-state index contributed by atoms with van der Waals surface area (Å²) in [4.78, 5) is 0. The molecule has 0 amide bonds. The smallest absolute Gasteiger partial charge is 0.214 e. The van der Waals surface area contributed by atoms with Crippen LogP contribution in [0.5, 0.6) is 0 Å². The zero-order valence-corrected chi connectivity index (χ0v) is 9.33. The topological polar surface area (TPSA) is 46.2 Å². The molecule has 1 aliphatic rings. The van der Waals surface area contributed by atoms with Crippen LogP contribution in [0.3, 0.4) is 0 Å². The van der Waals surface area contributed by atoms with Gasteiger partial charge in [0.05, 0.1) is 5.25 Å². The van der Waals surface area contributed by atoms with E-state index in [1.165, 1.54) is 0 Å². The second kappa shape index (κ2) is 4.33. The van der Waals surface area contributed by atoms with Gasteiger partial charge in [-0.05, 0) is 24.8 Å². The summed E-state index contributed by atoms with van der Waals surface area (Å²) >= 11 is 0. The third-order valence-corrected chi connectivity index (χ3v) is 4.48. The molecule has 1 saturated carbocycles. The monoisotopic (exact) mass is 225 g/mol. The molecule has 0 spiro atoms. The van der Waals surface area contributed by atoms with Gasteiger partial charge in [0.2, 0.25) is 10.0 Å². The molecule has 82 valence electrons. The summed E-state index contributed by atoms with van der Waals surface area (Å²) in [5.74, 6) is 0. The van der Waals surface area contributed by atoms with Gasteiger partial charge in [0.25, 0.3) is 0 Å². The first kappa shape index (κ1) is 10.6. The number of hydrogen-bond acceptors (Lipinski definition) is 2. The van der Waals surface area contributed by atoms with Crippen molar-refractivity contribution in [3.63, 3.8) is 0 Å². The van der Waals surface area contributed by atoms with Crippen molar-refractivity contribution in [2.24, 2.45) is 0 Å². The summed E-state index contributed by atoms with van der Waals surface area (Å²) < 4.78 is 25.6. The molecular weight excluding hydrogens is 210 g/mol. The highest BCUT2D eigenvalue weighted by atomic mass is 32.2. The van der Waals surface area contributed by atoms with Crippen molar-refractivity contribution < 1.29 is 8.42 Å². The number of rotatable bonds is 5. The Morgan fingerprint density at radius 3 is 2.47 bits per heavy atom. The van der Waals surface area contributed by atoms with Crippen molar-refractivity contribution in [1.82, 2.24) is 4.72 Å². The average molecular weight is 225 g/mol. The van der Waals surface area contributed by atoms with E-state index >= 15 is 0 Å². The molecule has 1 aromatic carbocycles. The van der Waals surface area contributed by atoms with E-state index < -0.39 is 10.0 Å². The van der Waals surface area contributed by atoms with Crippen molar-refractivity contribution >= 4 is 10.0 Å². The number of benzene rings is 1. The molecule has 15 heavy (non-hydrogen) atoms. The Balaban J connectivity index is 1.80. The van der Waals surface area contributed by atoms with E-state index in [2.05, 4.69) is 4.72 Å². The fourth-order valence-electron chi connectivity index (χ4n) is 1.48. The standard InChI is InChI=1S/C11H15NO2S/c13-15(14,11-6-7-11)12-9-8-10-4-2-1-3-5-10/h1-5,11-12H,6-9H2. The molecule has 0 unspecified atom stereocenters. The summed E-state index contributed by atoms with van der Waals surface area (Å²) in [6.07, 6.45) is 2.40. The van der Waals surface area contributed by atoms with E-state index in [1.54, 1.807) is 0 Å². The normalized spacial score (nSPS) is 16.5. The van der Waals surface area contributed by atoms with Crippen LogP contribution < -0.4 is 4.72 Å². The van der Waals surface area contributed by atoms with Gasteiger partial charge in [-0.15, -0.1) is 0 Å². The molecule has 0 saturated heterocycles. The predicted molar refractivity (Wildman–Crippen MR) is 60.1 cm³/mol. The van der Waals surface area contributed by atoms with Gasteiger partial charge in [-0.2, -0.15) is 0 Å². The molecule has 0 heterocycles. The third kappa shape index (κ3) is 3.04. The van der Waals surface area contributed by atoms with E-state index in [9.17, 15) is 8.42 Å². The molecule has 2 rings (SSSR count). The molecule has 1 aromatic rings. The zero-order valence-electron chi connectivity index (χ0n) is 8.52. The fourth-order valence-corrected chi connectivity index (χ4v) is 2.86. The Morgan fingerprint density at radius 1 is 1.20 bits per heavy atom. The summed E-state index contributed by atoms with van der Waals surface area (Å²) in [5, 5.41) is -0.117. The summed E-state index contributed by atoms with van der Waals surface area (Å²) in [5.41, 5.74) is 1.16. The highest BCUT2D eigenvalue weighted by molar-refractivity contribution is 7.90. The van der Waals surface area contributed by atoms with Gasteiger partial charge in [0.1, 0.15) is 0 Å². The van der Waals surface area contributed by atoms with E-state index in [0.717, 1.165) is 24.8 Å². The lowest BCUT2D eigenvalue weighted by Gasteiger charge is -2.04. The van der Waals surface area contributed by atoms with Crippen molar-refractivity contribution in [1.29, 1.82) is 0 Å². The Kier molecular flexibility index (Phi) is 3.07. The maximum atomic E-state index is 11.5. The molecule has 1 fully saturated rings. The van der Waals surface area contributed by atoms with Gasteiger partial charge in [-0.1, -0.05) is 30.3 Å². The highest BCUT2D eigenvalue weighted by Crippen LogP contribution is 2.27. The number of hydrogen-bond donors (Lipinski definition) is 1. The molecule has 1 aliphatic carbocycles. The van der Waals surface area contributed by atoms with Gasteiger partial charge in [-0.3, -0.25) is 0 Å². The van der Waals surface area contributed by atoms with Crippen LogP contribution in [-0.4, -0.2) is 20.2 Å². The summed E-state index contributed by atoms with van der Waals surface area (Å²) in [7, 11) is -3.01. The van der Waals surface area contributed by atoms with Crippen LogP contribution in [0.15, 0.2) is 30.3 Å². The largest absolute Gasteiger partial charge is 0.215 e. The highest BCUT2D eigenvalue weighted by Gasteiger charge is 2.35. The van der Waals surface area contributed by atoms with Crippen LogP contribution in [0.25, 0.3) is 0 Å². The lowest BCUT2D eigenvalue weighted by Crippen LogP contribution is -2.29. The van der Waals surface area contributed by atoms with Crippen molar-refractivity contribution in [2.45, 2.75) is 24.5 Å². The average Bonchev–Trinajstić information content (AvgIpc) is 3.02. The molecule has 4 heteroatoms. The minimum absolute atomic E-state index is 0.117. The van der Waals surface area contributed by atoms with E-state index in [4.69, 9.17) is 0 Å². The summed E-state index contributed by atoms with van der Waals surface area (Å²) in [6.45, 7) is 0.503. The minimum atomic E-state index is -3.01. The third-order valence-electron chi connectivity index (χ3n) is 2.52. The Morgan fingerprint density at radius 2 is 1.87 bits per heavy atom. The first-order valence-electron chi connectivity index (χ1n) is 5.21. The van der Waals surface area contributed by atoms with Crippen LogP contribution in [-0.2, 0) is 16.4 Å². The predicted octanol–water partition coefficient (Wildman–Crippen LogP) is 1.31. The summed E-state index contributed by atoms with van der Waals surface area (Å²) in [6, 6.07) is 9.89. The maximum Gasteiger partial charge on any atom is 0.214 e. The van der Waals surface area contributed by atoms with Gasteiger partial charge < -0.3 is 0 Å². The molecule has 0 bridgehead atoms. The van der Waals surface area contributed by atoms with Crippen molar-refractivity contribution in [3.05, 3.63) is 35.9 Å². The van der Waals surface area contributed by atoms with E-state index in [0.29, 0.717) is 6.54 Å².